The predicted octanol–water partition coefficient (Wildman–Crippen LogP) is 12.3. The third-order valence-corrected chi connectivity index (χ3v) is 10.1. The largest absolute Gasteiger partial charge is 0.394 e. The molecule has 0 heterocycles. The summed E-state index contributed by atoms with van der Waals surface area (Å²) in [5, 5.41) is 9.75. The van der Waals surface area contributed by atoms with Gasteiger partial charge < -0.3 is 14.6 Å². The summed E-state index contributed by atoms with van der Waals surface area (Å²) >= 11 is 0. The van der Waals surface area contributed by atoms with Crippen LogP contribution >= 0.6 is 0 Å². The summed E-state index contributed by atoms with van der Waals surface area (Å²) in [5.74, 6) is 5.74. The molecule has 0 amide bonds. The molecule has 43 heavy (non-hydrogen) atoms. The van der Waals surface area contributed by atoms with Crippen LogP contribution in [0.3, 0.4) is 0 Å². The zero-order valence-electron chi connectivity index (χ0n) is 31.1. The molecule has 0 fully saturated rings. The van der Waals surface area contributed by atoms with E-state index >= 15 is 0 Å². The van der Waals surface area contributed by atoms with Crippen LogP contribution in [0.4, 0.5) is 0 Å². The summed E-state index contributed by atoms with van der Waals surface area (Å²) in [7, 11) is 0. The summed E-state index contributed by atoms with van der Waals surface area (Å²) in [5.41, 5.74) is 0. The van der Waals surface area contributed by atoms with Gasteiger partial charge in [0, 0.05) is 13.2 Å². The van der Waals surface area contributed by atoms with Crippen molar-refractivity contribution in [2.45, 2.75) is 190 Å². The Morgan fingerprint density at radius 1 is 0.442 bits per heavy atom. The lowest BCUT2D eigenvalue weighted by atomic mass is 9.91. The van der Waals surface area contributed by atoms with Crippen LogP contribution in [0.2, 0.25) is 0 Å². The van der Waals surface area contributed by atoms with E-state index in [9.17, 15) is 5.11 Å². The maximum absolute atomic E-state index is 9.75. The van der Waals surface area contributed by atoms with Gasteiger partial charge in [0.15, 0.2) is 0 Å². The Hall–Kier alpha value is -0.120. The molecule has 0 aliphatic heterocycles. The Balaban J connectivity index is 3.76. The quantitative estimate of drug-likeness (QED) is 0.0770. The molecule has 260 valence electrons. The second-order valence-electron chi connectivity index (χ2n) is 15.8. The van der Waals surface area contributed by atoms with Gasteiger partial charge in [0.2, 0.25) is 0 Å². The molecule has 0 radical (unpaired) electrons. The van der Waals surface area contributed by atoms with Gasteiger partial charge in [-0.2, -0.15) is 0 Å². The number of hydrogen-bond donors (Lipinski definition) is 1. The molecule has 0 aliphatic carbocycles. The van der Waals surface area contributed by atoms with Crippen LogP contribution in [0.15, 0.2) is 0 Å². The fraction of sp³-hybridized carbons (Fsp3) is 1.00. The molecular weight excluding hydrogens is 528 g/mol. The number of hydrogen-bond acceptors (Lipinski definition) is 3. The monoisotopic (exact) mass is 611 g/mol. The molecule has 0 aromatic heterocycles. The molecule has 3 heteroatoms. The third-order valence-electron chi connectivity index (χ3n) is 10.1. The molecule has 3 nitrogen and oxygen atoms in total. The van der Waals surface area contributed by atoms with E-state index in [1.165, 1.54) is 109 Å². The highest BCUT2D eigenvalue weighted by atomic mass is 16.5. The van der Waals surface area contributed by atoms with Crippen LogP contribution in [0.5, 0.6) is 0 Å². The van der Waals surface area contributed by atoms with Crippen molar-refractivity contribution in [1.82, 2.24) is 0 Å². The van der Waals surface area contributed by atoms with Gasteiger partial charge in [-0.1, -0.05) is 171 Å². The third kappa shape index (κ3) is 29.1. The van der Waals surface area contributed by atoms with E-state index < -0.39 is 0 Å². The minimum Gasteiger partial charge on any atom is -0.394 e. The summed E-state index contributed by atoms with van der Waals surface area (Å²) < 4.78 is 11.9. The van der Waals surface area contributed by atoms with E-state index in [0.717, 1.165) is 55.6 Å². The molecule has 0 unspecified atom stereocenters. The van der Waals surface area contributed by atoms with Crippen molar-refractivity contribution in [3.8, 4) is 0 Å². The topological polar surface area (TPSA) is 38.7 Å². The normalized spacial score (nSPS) is 17.1. The highest BCUT2D eigenvalue weighted by Crippen LogP contribution is 2.24. The molecule has 0 saturated heterocycles. The minimum absolute atomic E-state index is 0.0485. The minimum atomic E-state index is -0.184. The first-order valence-corrected chi connectivity index (χ1v) is 19.4. The van der Waals surface area contributed by atoms with Gasteiger partial charge in [-0.15, -0.1) is 0 Å². The van der Waals surface area contributed by atoms with Gasteiger partial charge >= 0.3 is 0 Å². The summed E-state index contributed by atoms with van der Waals surface area (Å²) in [6.07, 6.45) is 25.3. The number of aliphatic hydroxyl groups excluding tert-OH is 1. The second kappa shape index (κ2) is 29.3. The maximum Gasteiger partial charge on any atom is 0.104 e. The van der Waals surface area contributed by atoms with Crippen LogP contribution in [-0.4, -0.2) is 37.6 Å². The Morgan fingerprint density at radius 2 is 0.791 bits per heavy atom. The standard InChI is InChI=1S/C40H82O3/c1-10-16-34(4)19-12-20-36(6)24-15-26-39(9)28-30-43-40(31-41)32-42-29-27-38(8)25-14-23-37(7)22-13-21-35(5)18-11-17-33(2)3/h33-41H,10-32H2,1-9H3/t34-,35-,36-,37-,38-,39-,40-/m1/s1. The molecule has 0 spiro atoms. The SMILES string of the molecule is CCC[C@@H](C)CCC[C@@H](C)CCC[C@@H](C)CCO[C@H](CO)COCC[C@H](C)CCC[C@H](C)CCC[C@H](C)CCCC(C)C. The van der Waals surface area contributed by atoms with Gasteiger partial charge in [0.05, 0.1) is 13.2 Å². The van der Waals surface area contributed by atoms with Crippen LogP contribution in [-0.2, 0) is 9.47 Å². The first-order chi connectivity index (χ1) is 20.6. The fourth-order valence-corrected chi connectivity index (χ4v) is 6.58. The van der Waals surface area contributed by atoms with Crippen molar-refractivity contribution in [2.75, 3.05) is 26.4 Å². The number of aliphatic hydroxyl groups is 1. The van der Waals surface area contributed by atoms with Crippen molar-refractivity contribution in [2.24, 2.45) is 41.4 Å². The van der Waals surface area contributed by atoms with Crippen molar-refractivity contribution in [3.05, 3.63) is 0 Å². The van der Waals surface area contributed by atoms with Crippen molar-refractivity contribution >= 4 is 0 Å². The van der Waals surface area contributed by atoms with Gasteiger partial charge in [-0.3, -0.25) is 0 Å². The first-order valence-electron chi connectivity index (χ1n) is 19.4. The Kier molecular flexibility index (Phi) is 29.2. The molecule has 0 aromatic rings. The van der Waals surface area contributed by atoms with Crippen LogP contribution < -0.4 is 0 Å². The van der Waals surface area contributed by atoms with E-state index in [1.54, 1.807) is 0 Å². The number of ether oxygens (including phenoxy) is 2. The van der Waals surface area contributed by atoms with Crippen LogP contribution in [0, 0.1) is 41.4 Å². The predicted molar refractivity (Wildman–Crippen MR) is 191 cm³/mol. The second-order valence-corrected chi connectivity index (χ2v) is 15.8. The van der Waals surface area contributed by atoms with Crippen LogP contribution in [0.1, 0.15) is 184 Å². The molecular formula is C40H82O3. The van der Waals surface area contributed by atoms with Gasteiger partial charge in [0.25, 0.3) is 0 Å². The van der Waals surface area contributed by atoms with Gasteiger partial charge in [-0.05, 0) is 54.3 Å². The molecule has 0 saturated carbocycles. The Morgan fingerprint density at radius 3 is 1.16 bits per heavy atom. The van der Waals surface area contributed by atoms with E-state index in [4.69, 9.17) is 9.47 Å². The maximum atomic E-state index is 9.75. The molecule has 0 rings (SSSR count). The van der Waals surface area contributed by atoms with Crippen molar-refractivity contribution in [3.63, 3.8) is 0 Å². The highest BCUT2D eigenvalue weighted by Gasteiger charge is 2.12. The number of rotatable bonds is 32. The molecule has 0 aliphatic rings. The Labute approximate surface area is 272 Å². The van der Waals surface area contributed by atoms with Crippen LogP contribution in [0.25, 0.3) is 0 Å². The van der Waals surface area contributed by atoms with E-state index in [1.807, 2.05) is 0 Å². The zero-order valence-corrected chi connectivity index (χ0v) is 31.1. The lowest BCUT2D eigenvalue weighted by Gasteiger charge is -2.19. The zero-order chi connectivity index (χ0) is 32.3. The highest BCUT2D eigenvalue weighted by molar-refractivity contribution is 4.63. The summed E-state index contributed by atoms with van der Waals surface area (Å²) in [6, 6.07) is 0. The van der Waals surface area contributed by atoms with E-state index in [2.05, 4.69) is 62.3 Å². The fourth-order valence-electron chi connectivity index (χ4n) is 6.58. The lowest BCUT2D eigenvalue weighted by Crippen LogP contribution is -2.25. The average molecular weight is 611 g/mol. The van der Waals surface area contributed by atoms with E-state index in [0.29, 0.717) is 18.4 Å². The summed E-state index contributed by atoms with van der Waals surface area (Å²) in [4.78, 5) is 0. The molecule has 1 N–H and O–H groups in total. The van der Waals surface area contributed by atoms with E-state index in [-0.39, 0.29) is 12.7 Å². The van der Waals surface area contributed by atoms with Crippen molar-refractivity contribution < 1.29 is 14.6 Å². The lowest BCUT2D eigenvalue weighted by molar-refractivity contribution is -0.0471. The first kappa shape index (κ1) is 42.9. The van der Waals surface area contributed by atoms with Crippen molar-refractivity contribution in [1.29, 1.82) is 0 Å². The Bertz CT molecular complexity index is 564. The average Bonchev–Trinajstić information content (AvgIpc) is 2.94. The molecule has 7 atom stereocenters. The van der Waals surface area contributed by atoms with Gasteiger partial charge in [-0.25, -0.2) is 0 Å². The smallest absolute Gasteiger partial charge is 0.104 e. The van der Waals surface area contributed by atoms with Gasteiger partial charge in [0.1, 0.15) is 6.10 Å². The summed E-state index contributed by atoms with van der Waals surface area (Å²) in [6.45, 7) is 23.5. The molecule has 0 bridgehead atoms. The molecule has 0 aromatic carbocycles.